The van der Waals surface area contributed by atoms with Crippen molar-refractivity contribution in [2.24, 2.45) is 0 Å². The van der Waals surface area contributed by atoms with Crippen molar-refractivity contribution >= 4 is 10.0 Å². The Bertz CT molecular complexity index is 407. The van der Waals surface area contributed by atoms with Gasteiger partial charge in [-0.1, -0.05) is 72.1 Å². The molecule has 0 bridgehead atoms. The van der Waals surface area contributed by atoms with Crippen LogP contribution in [-0.2, 0) is 10.0 Å². The van der Waals surface area contributed by atoms with Crippen molar-refractivity contribution in [1.82, 2.24) is 4.31 Å². The highest BCUT2D eigenvalue weighted by molar-refractivity contribution is 7.90. The van der Waals surface area contributed by atoms with Crippen LogP contribution in [0.15, 0.2) is 0 Å². The Labute approximate surface area is 144 Å². The summed E-state index contributed by atoms with van der Waals surface area (Å²) in [4.78, 5) is 0. The normalized spacial score (nSPS) is 13.2. The second-order valence-electron chi connectivity index (χ2n) is 6.33. The van der Waals surface area contributed by atoms with Gasteiger partial charge in [0.05, 0.1) is 6.07 Å². The molecule has 0 heterocycles. The molecular formula is C18H36N2O2S. The monoisotopic (exact) mass is 344 g/mol. The summed E-state index contributed by atoms with van der Waals surface area (Å²) in [7, 11) is -3.48. The molecule has 0 radical (unpaired) electrons. The molecule has 1 atom stereocenters. The van der Waals surface area contributed by atoms with Gasteiger partial charge in [-0.2, -0.15) is 5.26 Å². The van der Waals surface area contributed by atoms with E-state index < -0.39 is 15.3 Å². The van der Waals surface area contributed by atoms with Gasteiger partial charge in [0.25, 0.3) is 0 Å². The minimum absolute atomic E-state index is 0.472. The van der Waals surface area contributed by atoms with Crippen LogP contribution in [0.4, 0.5) is 0 Å². The lowest BCUT2D eigenvalue weighted by Crippen LogP contribution is -2.39. The summed E-state index contributed by atoms with van der Waals surface area (Å²) < 4.78 is 27.0. The van der Waals surface area contributed by atoms with E-state index in [4.69, 9.17) is 0 Å². The highest BCUT2D eigenvalue weighted by Gasteiger charge is 2.30. The molecule has 4 nitrogen and oxygen atoms in total. The van der Waals surface area contributed by atoms with Gasteiger partial charge in [-0.3, -0.25) is 0 Å². The molecule has 23 heavy (non-hydrogen) atoms. The summed E-state index contributed by atoms with van der Waals surface area (Å²) in [5.41, 5.74) is 0. The first-order valence-corrected chi connectivity index (χ1v) is 10.9. The molecule has 0 aliphatic rings. The molecule has 0 aromatic rings. The van der Waals surface area contributed by atoms with E-state index in [0.717, 1.165) is 44.9 Å². The zero-order valence-electron chi connectivity index (χ0n) is 15.4. The van der Waals surface area contributed by atoms with Crippen molar-refractivity contribution in [2.75, 3.05) is 13.1 Å². The first-order chi connectivity index (χ1) is 11.0. The van der Waals surface area contributed by atoms with Gasteiger partial charge in [0.1, 0.15) is 0 Å². The largest absolute Gasteiger partial charge is 0.230 e. The van der Waals surface area contributed by atoms with Crippen LogP contribution in [0.3, 0.4) is 0 Å². The Morgan fingerprint density at radius 3 is 1.78 bits per heavy atom. The number of nitriles is 1. The zero-order chi connectivity index (χ0) is 17.6. The van der Waals surface area contributed by atoms with Gasteiger partial charge in [-0.25, -0.2) is 12.7 Å². The highest BCUT2D eigenvalue weighted by atomic mass is 32.2. The minimum Gasteiger partial charge on any atom is -0.211 e. The lowest BCUT2D eigenvalue weighted by Gasteiger charge is -2.24. The first kappa shape index (κ1) is 22.4. The Morgan fingerprint density at radius 1 is 0.826 bits per heavy atom. The number of hydrogen-bond acceptors (Lipinski definition) is 3. The van der Waals surface area contributed by atoms with Gasteiger partial charge in [-0.15, -0.1) is 0 Å². The fourth-order valence-electron chi connectivity index (χ4n) is 2.61. The molecule has 5 heteroatoms. The predicted molar refractivity (Wildman–Crippen MR) is 97.7 cm³/mol. The van der Waals surface area contributed by atoms with E-state index in [-0.39, 0.29) is 0 Å². The molecular weight excluding hydrogens is 308 g/mol. The fraction of sp³-hybridized carbons (Fsp3) is 0.944. The molecule has 0 saturated carbocycles. The zero-order valence-corrected chi connectivity index (χ0v) is 16.2. The Hall–Kier alpha value is -0.600. The smallest absolute Gasteiger partial charge is 0.211 e. The van der Waals surface area contributed by atoms with Crippen LogP contribution in [0, 0.1) is 11.3 Å². The third kappa shape index (κ3) is 9.32. The molecule has 0 spiro atoms. The summed E-state index contributed by atoms with van der Waals surface area (Å²) in [5, 5.41) is 8.47. The van der Waals surface area contributed by atoms with Crippen molar-refractivity contribution in [1.29, 1.82) is 5.26 Å². The van der Waals surface area contributed by atoms with Gasteiger partial charge >= 0.3 is 0 Å². The number of hydrogen-bond donors (Lipinski definition) is 0. The number of unbranched alkanes of at least 4 members (excludes halogenated alkanes) is 7. The standard InChI is InChI=1S/C18H36N2O2S/c1-4-7-10-11-12-13-14-18(17-19)23(21,22)20(15-8-5-2)16-9-6-3/h18H,4-16H2,1-3H3. The van der Waals surface area contributed by atoms with E-state index in [1.807, 2.05) is 6.07 Å². The molecule has 0 N–H and O–H groups in total. The summed E-state index contributed by atoms with van der Waals surface area (Å²) in [5.74, 6) is 0. The average Bonchev–Trinajstić information content (AvgIpc) is 2.53. The molecule has 0 aromatic heterocycles. The third-order valence-electron chi connectivity index (χ3n) is 4.21. The van der Waals surface area contributed by atoms with Gasteiger partial charge in [0.2, 0.25) is 10.0 Å². The van der Waals surface area contributed by atoms with Gasteiger partial charge in [0, 0.05) is 13.1 Å². The molecule has 0 aliphatic heterocycles. The van der Waals surface area contributed by atoms with Crippen LogP contribution in [0.5, 0.6) is 0 Å². The summed E-state index contributed by atoms with van der Waals surface area (Å²) >= 11 is 0. The number of rotatable bonds is 15. The maximum atomic E-state index is 12.7. The maximum Gasteiger partial charge on any atom is 0.230 e. The molecule has 0 aromatic carbocycles. The molecule has 0 rings (SSSR count). The van der Waals surface area contributed by atoms with Crippen LogP contribution >= 0.6 is 0 Å². The predicted octanol–water partition coefficient (Wildman–Crippen LogP) is 4.86. The van der Waals surface area contributed by atoms with E-state index in [1.54, 1.807) is 4.31 Å². The summed E-state index contributed by atoms with van der Waals surface area (Å²) in [6, 6.07) is 2.05. The molecule has 0 amide bonds. The second kappa shape index (κ2) is 13.8. The maximum absolute atomic E-state index is 12.7. The molecule has 0 aliphatic carbocycles. The SMILES string of the molecule is CCCCCCCCC(C#N)S(=O)(=O)N(CCCC)CCCC. The van der Waals surface area contributed by atoms with Gasteiger partial charge in [0.15, 0.2) is 5.25 Å². The Balaban J connectivity index is 4.56. The summed E-state index contributed by atoms with van der Waals surface area (Å²) in [6.07, 6.45) is 10.8. The lowest BCUT2D eigenvalue weighted by atomic mass is 10.1. The molecule has 0 fully saturated rings. The van der Waals surface area contributed by atoms with Crippen LogP contribution < -0.4 is 0 Å². The van der Waals surface area contributed by atoms with Crippen LogP contribution in [-0.4, -0.2) is 31.1 Å². The third-order valence-corrected chi connectivity index (χ3v) is 6.35. The van der Waals surface area contributed by atoms with E-state index >= 15 is 0 Å². The second-order valence-corrected chi connectivity index (χ2v) is 8.44. The molecule has 1 unspecified atom stereocenters. The Kier molecular flexibility index (Phi) is 13.4. The lowest BCUT2D eigenvalue weighted by molar-refractivity contribution is 0.390. The first-order valence-electron chi connectivity index (χ1n) is 9.43. The Morgan fingerprint density at radius 2 is 1.30 bits per heavy atom. The topological polar surface area (TPSA) is 61.2 Å². The highest BCUT2D eigenvalue weighted by Crippen LogP contribution is 2.18. The molecule has 0 saturated heterocycles. The van der Waals surface area contributed by atoms with E-state index in [2.05, 4.69) is 20.8 Å². The van der Waals surface area contributed by atoms with E-state index in [1.165, 1.54) is 19.3 Å². The summed E-state index contributed by atoms with van der Waals surface area (Å²) in [6.45, 7) is 7.39. The van der Waals surface area contributed by atoms with Crippen molar-refractivity contribution < 1.29 is 8.42 Å². The fourth-order valence-corrected chi connectivity index (χ4v) is 4.33. The number of nitrogens with zero attached hydrogens (tertiary/aromatic N) is 2. The van der Waals surface area contributed by atoms with Crippen LogP contribution in [0.25, 0.3) is 0 Å². The van der Waals surface area contributed by atoms with Crippen molar-refractivity contribution in [3.05, 3.63) is 0 Å². The quantitative estimate of drug-likeness (QED) is 0.398. The minimum atomic E-state index is -3.48. The van der Waals surface area contributed by atoms with Crippen LogP contribution in [0.2, 0.25) is 0 Å². The van der Waals surface area contributed by atoms with Crippen molar-refractivity contribution in [2.45, 2.75) is 96.7 Å². The average molecular weight is 345 g/mol. The van der Waals surface area contributed by atoms with Crippen LogP contribution in [0.1, 0.15) is 91.4 Å². The van der Waals surface area contributed by atoms with Crippen molar-refractivity contribution in [3.63, 3.8) is 0 Å². The van der Waals surface area contributed by atoms with Gasteiger partial charge < -0.3 is 0 Å². The van der Waals surface area contributed by atoms with E-state index in [0.29, 0.717) is 19.5 Å². The van der Waals surface area contributed by atoms with Gasteiger partial charge in [-0.05, 0) is 19.3 Å². The van der Waals surface area contributed by atoms with E-state index in [9.17, 15) is 13.7 Å². The van der Waals surface area contributed by atoms with Crippen molar-refractivity contribution in [3.8, 4) is 6.07 Å². The number of sulfonamides is 1. The molecule has 136 valence electrons.